The third kappa shape index (κ3) is 4.00. The van der Waals surface area contributed by atoms with Gasteiger partial charge in [0.2, 0.25) is 0 Å². The molecule has 0 aliphatic heterocycles. The van der Waals surface area contributed by atoms with Crippen molar-refractivity contribution in [3.8, 4) is 0 Å². The highest BCUT2D eigenvalue weighted by molar-refractivity contribution is 4.82. The lowest BCUT2D eigenvalue weighted by molar-refractivity contribution is 0.212. The minimum Gasteiger partial charge on any atom is -0.314 e. The third-order valence-electron chi connectivity index (χ3n) is 3.43. The number of rotatable bonds is 7. The van der Waals surface area contributed by atoms with E-state index in [0.29, 0.717) is 0 Å². The molecule has 1 nitrogen and oxygen atoms in total. The van der Waals surface area contributed by atoms with Crippen LogP contribution in [0.1, 0.15) is 59.3 Å². The molecule has 0 spiro atoms. The van der Waals surface area contributed by atoms with Crippen LogP contribution < -0.4 is 5.32 Å². The van der Waals surface area contributed by atoms with Crippen LogP contribution in [0.4, 0.5) is 0 Å². The van der Waals surface area contributed by atoms with Crippen molar-refractivity contribution in [1.29, 1.82) is 0 Å². The van der Waals surface area contributed by atoms with Crippen LogP contribution >= 0.6 is 0 Å². The van der Waals surface area contributed by atoms with Crippen LogP contribution in [0.25, 0.3) is 0 Å². The third-order valence-corrected chi connectivity index (χ3v) is 3.43. The molecule has 0 radical (unpaired) electrons. The van der Waals surface area contributed by atoms with Crippen molar-refractivity contribution in [3.63, 3.8) is 0 Å². The molecule has 0 bridgehead atoms. The smallest absolute Gasteiger partial charge is 0.00954 e. The van der Waals surface area contributed by atoms with Gasteiger partial charge >= 0.3 is 0 Å². The fourth-order valence-electron chi connectivity index (χ4n) is 2.19. The van der Waals surface area contributed by atoms with E-state index in [-0.39, 0.29) is 0 Å². The first-order chi connectivity index (χ1) is 6.74. The molecule has 0 aromatic heterocycles. The van der Waals surface area contributed by atoms with Crippen molar-refractivity contribution in [1.82, 2.24) is 5.32 Å². The summed E-state index contributed by atoms with van der Waals surface area (Å²) in [5, 5.41) is 3.73. The van der Waals surface area contributed by atoms with Crippen molar-refractivity contribution in [3.05, 3.63) is 0 Å². The quantitative estimate of drug-likeness (QED) is 0.657. The molecule has 0 aromatic rings. The minimum absolute atomic E-state index is 0.825. The normalized spacial score (nSPS) is 19.7. The van der Waals surface area contributed by atoms with Gasteiger partial charge in [-0.3, -0.25) is 0 Å². The summed E-state index contributed by atoms with van der Waals surface area (Å²) in [7, 11) is 0. The van der Waals surface area contributed by atoms with Gasteiger partial charge in [0.05, 0.1) is 0 Å². The summed E-state index contributed by atoms with van der Waals surface area (Å²) < 4.78 is 0. The monoisotopic (exact) mass is 197 g/mol. The molecule has 1 saturated carbocycles. The second-order valence-electron chi connectivity index (χ2n) is 5.22. The second kappa shape index (κ2) is 6.44. The molecule has 14 heavy (non-hydrogen) atoms. The van der Waals surface area contributed by atoms with Crippen LogP contribution in [-0.4, -0.2) is 12.6 Å². The zero-order valence-electron chi connectivity index (χ0n) is 10.2. The lowest BCUT2D eigenvalue weighted by atomic mass is 9.77. The molecule has 1 fully saturated rings. The largest absolute Gasteiger partial charge is 0.314 e. The maximum absolute atomic E-state index is 3.73. The van der Waals surface area contributed by atoms with Crippen LogP contribution in [-0.2, 0) is 0 Å². The molecular weight excluding hydrogens is 170 g/mol. The predicted octanol–water partition coefficient (Wildman–Crippen LogP) is 3.59. The highest BCUT2D eigenvalue weighted by Crippen LogP contribution is 2.31. The van der Waals surface area contributed by atoms with Gasteiger partial charge in [0.1, 0.15) is 0 Å². The predicted molar refractivity (Wildman–Crippen MR) is 63.5 cm³/mol. The van der Waals surface area contributed by atoms with Crippen LogP contribution in [0.5, 0.6) is 0 Å². The van der Waals surface area contributed by atoms with Crippen molar-refractivity contribution in [2.24, 2.45) is 11.8 Å². The van der Waals surface area contributed by atoms with Crippen molar-refractivity contribution >= 4 is 0 Å². The zero-order chi connectivity index (χ0) is 10.4. The average molecular weight is 197 g/mol. The summed E-state index contributed by atoms with van der Waals surface area (Å²) >= 11 is 0. The Hall–Kier alpha value is -0.0400. The Kier molecular flexibility index (Phi) is 5.54. The van der Waals surface area contributed by atoms with E-state index in [1.807, 2.05) is 0 Å². The number of nitrogens with one attached hydrogen (secondary N) is 1. The molecule has 1 N–H and O–H groups in total. The lowest BCUT2D eigenvalue weighted by Crippen LogP contribution is -2.40. The van der Waals surface area contributed by atoms with Crippen LogP contribution in [0.15, 0.2) is 0 Å². The van der Waals surface area contributed by atoms with Crippen molar-refractivity contribution in [2.45, 2.75) is 65.3 Å². The Morgan fingerprint density at radius 1 is 1.21 bits per heavy atom. The van der Waals surface area contributed by atoms with Crippen LogP contribution in [0.2, 0.25) is 0 Å². The Morgan fingerprint density at radius 3 is 2.36 bits per heavy atom. The molecule has 1 heteroatoms. The van der Waals surface area contributed by atoms with Gasteiger partial charge in [-0.25, -0.2) is 0 Å². The highest BCUT2D eigenvalue weighted by atomic mass is 14.9. The first-order valence-corrected chi connectivity index (χ1v) is 6.47. The van der Waals surface area contributed by atoms with Gasteiger partial charge in [-0.1, -0.05) is 27.2 Å². The van der Waals surface area contributed by atoms with E-state index in [9.17, 15) is 0 Å². The maximum Gasteiger partial charge on any atom is 0.00954 e. The van der Waals surface area contributed by atoms with Gasteiger partial charge in [-0.05, 0) is 50.5 Å². The Bertz CT molecular complexity index is 138. The van der Waals surface area contributed by atoms with E-state index in [1.165, 1.54) is 45.1 Å². The SMILES string of the molecule is CCCNC(CCC(C)C)C1CCC1. The van der Waals surface area contributed by atoms with Gasteiger partial charge in [0, 0.05) is 6.04 Å². The lowest BCUT2D eigenvalue weighted by Gasteiger charge is -2.35. The fraction of sp³-hybridized carbons (Fsp3) is 1.00. The van der Waals surface area contributed by atoms with E-state index in [0.717, 1.165) is 17.9 Å². The molecule has 0 amide bonds. The van der Waals surface area contributed by atoms with E-state index >= 15 is 0 Å². The standard InChI is InChI=1S/C13H27N/c1-4-10-14-13(9-8-11(2)3)12-6-5-7-12/h11-14H,4-10H2,1-3H3. The second-order valence-corrected chi connectivity index (χ2v) is 5.22. The van der Waals surface area contributed by atoms with Gasteiger partial charge in [-0.2, -0.15) is 0 Å². The van der Waals surface area contributed by atoms with E-state index in [4.69, 9.17) is 0 Å². The van der Waals surface area contributed by atoms with Crippen molar-refractivity contribution in [2.75, 3.05) is 6.54 Å². The first-order valence-electron chi connectivity index (χ1n) is 6.47. The molecule has 84 valence electrons. The molecule has 1 unspecified atom stereocenters. The Balaban J connectivity index is 2.20. The van der Waals surface area contributed by atoms with Gasteiger partial charge in [0.15, 0.2) is 0 Å². The molecule has 0 heterocycles. The zero-order valence-corrected chi connectivity index (χ0v) is 10.2. The highest BCUT2D eigenvalue weighted by Gasteiger charge is 2.26. The molecule has 0 saturated heterocycles. The topological polar surface area (TPSA) is 12.0 Å². The molecule has 1 aliphatic rings. The van der Waals surface area contributed by atoms with Gasteiger partial charge < -0.3 is 5.32 Å². The first kappa shape index (κ1) is 12.0. The summed E-state index contributed by atoms with van der Waals surface area (Å²) in [5.74, 6) is 1.86. The summed E-state index contributed by atoms with van der Waals surface area (Å²) in [6.07, 6.45) is 8.46. The van der Waals surface area contributed by atoms with Gasteiger partial charge in [-0.15, -0.1) is 0 Å². The summed E-state index contributed by atoms with van der Waals surface area (Å²) in [5.41, 5.74) is 0. The van der Waals surface area contributed by atoms with Crippen LogP contribution in [0.3, 0.4) is 0 Å². The molecule has 1 aliphatic carbocycles. The fourth-order valence-corrected chi connectivity index (χ4v) is 2.19. The molecular formula is C13H27N. The Morgan fingerprint density at radius 2 is 1.93 bits per heavy atom. The van der Waals surface area contributed by atoms with E-state index in [1.54, 1.807) is 0 Å². The Labute approximate surface area is 89.7 Å². The number of hydrogen-bond donors (Lipinski definition) is 1. The average Bonchev–Trinajstić information content (AvgIpc) is 2.06. The molecule has 1 rings (SSSR count). The van der Waals surface area contributed by atoms with E-state index in [2.05, 4.69) is 26.1 Å². The summed E-state index contributed by atoms with van der Waals surface area (Å²) in [6.45, 7) is 8.13. The summed E-state index contributed by atoms with van der Waals surface area (Å²) in [4.78, 5) is 0. The number of hydrogen-bond acceptors (Lipinski definition) is 1. The van der Waals surface area contributed by atoms with Gasteiger partial charge in [0.25, 0.3) is 0 Å². The van der Waals surface area contributed by atoms with Crippen LogP contribution in [0, 0.1) is 11.8 Å². The minimum atomic E-state index is 0.825. The molecule has 0 aromatic carbocycles. The van der Waals surface area contributed by atoms with Crippen molar-refractivity contribution < 1.29 is 0 Å². The summed E-state index contributed by atoms with van der Waals surface area (Å²) in [6, 6.07) is 0.825. The molecule has 1 atom stereocenters. The maximum atomic E-state index is 3.73. The van der Waals surface area contributed by atoms with E-state index < -0.39 is 0 Å².